The number of aliphatic hydroxyl groups is 1. The van der Waals surface area contributed by atoms with Gasteiger partial charge in [0.05, 0.1) is 15.5 Å². The van der Waals surface area contributed by atoms with Crippen molar-refractivity contribution in [3.63, 3.8) is 0 Å². The second-order valence-corrected chi connectivity index (χ2v) is 4.62. The van der Waals surface area contributed by atoms with E-state index in [1.165, 1.54) is 6.07 Å². The number of nitrogens with one attached hydrogen (secondary N) is 1. The Morgan fingerprint density at radius 3 is 2.71 bits per heavy atom. The second-order valence-electron chi connectivity index (χ2n) is 3.56. The van der Waals surface area contributed by atoms with Crippen molar-refractivity contribution in [1.82, 2.24) is 0 Å². The standard InChI is InChI=1S/C8H12N2O3S/c1-8(2,11)5-9-6-3-4-7(14-6)10(12)13/h3-4,9,11H,5H2,1-2H3. The molecule has 0 unspecified atom stereocenters. The van der Waals surface area contributed by atoms with Crippen molar-refractivity contribution >= 4 is 21.3 Å². The maximum atomic E-state index is 10.4. The summed E-state index contributed by atoms with van der Waals surface area (Å²) in [5.41, 5.74) is -0.821. The van der Waals surface area contributed by atoms with Crippen molar-refractivity contribution in [3.8, 4) is 0 Å². The van der Waals surface area contributed by atoms with Crippen LogP contribution in [0.3, 0.4) is 0 Å². The minimum Gasteiger partial charge on any atom is -0.389 e. The molecule has 0 aromatic carbocycles. The predicted octanol–water partition coefficient (Wildman–Crippen LogP) is 1.84. The van der Waals surface area contributed by atoms with Gasteiger partial charge in [-0.3, -0.25) is 10.1 Å². The van der Waals surface area contributed by atoms with Crippen molar-refractivity contribution in [3.05, 3.63) is 22.2 Å². The van der Waals surface area contributed by atoms with E-state index in [1.54, 1.807) is 19.9 Å². The Balaban J connectivity index is 2.56. The molecule has 5 nitrogen and oxygen atoms in total. The lowest BCUT2D eigenvalue weighted by atomic mass is 10.1. The number of hydrogen-bond donors (Lipinski definition) is 2. The highest BCUT2D eigenvalue weighted by Crippen LogP contribution is 2.28. The average molecular weight is 216 g/mol. The summed E-state index contributed by atoms with van der Waals surface area (Å²) in [6.07, 6.45) is 0. The van der Waals surface area contributed by atoms with Gasteiger partial charge < -0.3 is 10.4 Å². The van der Waals surface area contributed by atoms with Crippen LogP contribution in [0.2, 0.25) is 0 Å². The van der Waals surface area contributed by atoms with E-state index in [-0.39, 0.29) is 5.00 Å². The molecule has 0 amide bonds. The van der Waals surface area contributed by atoms with Crippen LogP contribution in [0.15, 0.2) is 12.1 Å². The quantitative estimate of drug-likeness (QED) is 0.594. The van der Waals surface area contributed by atoms with Gasteiger partial charge in [0, 0.05) is 12.6 Å². The summed E-state index contributed by atoms with van der Waals surface area (Å²) in [5, 5.41) is 23.5. The summed E-state index contributed by atoms with van der Waals surface area (Å²) in [7, 11) is 0. The van der Waals surface area contributed by atoms with E-state index in [0.29, 0.717) is 11.5 Å². The Hall–Kier alpha value is -1.14. The number of rotatable bonds is 4. The van der Waals surface area contributed by atoms with Gasteiger partial charge in [-0.2, -0.15) is 0 Å². The average Bonchev–Trinajstić information content (AvgIpc) is 2.47. The zero-order valence-electron chi connectivity index (χ0n) is 7.98. The fraction of sp³-hybridized carbons (Fsp3) is 0.500. The van der Waals surface area contributed by atoms with Crippen molar-refractivity contribution < 1.29 is 10.0 Å². The largest absolute Gasteiger partial charge is 0.389 e. The van der Waals surface area contributed by atoms with Crippen molar-refractivity contribution in [2.75, 3.05) is 11.9 Å². The molecule has 1 aromatic rings. The smallest absolute Gasteiger partial charge is 0.326 e. The van der Waals surface area contributed by atoms with E-state index >= 15 is 0 Å². The predicted molar refractivity (Wildman–Crippen MR) is 55.8 cm³/mol. The lowest BCUT2D eigenvalue weighted by Crippen LogP contribution is -2.28. The van der Waals surface area contributed by atoms with Crippen LogP contribution in [0.1, 0.15) is 13.8 Å². The van der Waals surface area contributed by atoms with Crippen LogP contribution in [0.4, 0.5) is 10.0 Å². The fourth-order valence-corrected chi connectivity index (χ4v) is 1.54. The van der Waals surface area contributed by atoms with E-state index in [1.807, 2.05) is 0 Å². The van der Waals surface area contributed by atoms with E-state index < -0.39 is 10.5 Å². The summed E-state index contributed by atoms with van der Waals surface area (Å²) in [6.45, 7) is 3.70. The molecule has 0 atom stereocenters. The molecule has 0 aliphatic rings. The molecule has 0 saturated carbocycles. The van der Waals surface area contributed by atoms with Gasteiger partial charge in [-0.05, 0) is 31.3 Å². The molecule has 78 valence electrons. The van der Waals surface area contributed by atoms with Crippen LogP contribution in [0.5, 0.6) is 0 Å². The zero-order valence-corrected chi connectivity index (χ0v) is 8.80. The van der Waals surface area contributed by atoms with Crippen LogP contribution in [-0.4, -0.2) is 22.2 Å². The number of thiophene rings is 1. The first-order chi connectivity index (χ1) is 6.38. The number of nitro groups is 1. The molecule has 0 aliphatic heterocycles. The minimum atomic E-state index is -0.821. The number of hydrogen-bond acceptors (Lipinski definition) is 5. The molecule has 0 fully saturated rings. The fourth-order valence-electron chi connectivity index (χ4n) is 0.824. The third-order valence-electron chi connectivity index (χ3n) is 1.47. The highest BCUT2D eigenvalue weighted by Gasteiger charge is 2.14. The lowest BCUT2D eigenvalue weighted by Gasteiger charge is -2.17. The monoisotopic (exact) mass is 216 g/mol. The summed E-state index contributed by atoms with van der Waals surface area (Å²) < 4.78 is 0. The van der Waals surface area contributed by atoms with Crippen LogP contribution >= 0.6 is 11.3 Å². The Labute approximate surface area is 85.5 Å². The van der Waals surface area contributed by atoms with Gasteiger partial charge in [0.25, 0.3) is 0 Å². The Kier molecular flexibility index (Phi) is 3.07. The molecular weight excluding hydrogens is 204 g/mol. The third kappa shape index (κ3) is 3.31. The third-order valence-corrected chi connectivity index (χ3v) is 2.46. The van der Waals surface area contributed by atoms with Crippen LogP contribution < -0.4 is 5.32 Å². The van der Waals surface area contributed by atoms with Gasteiger partial charge in [-0.15, -0.1) is 0 Å². The Morgan fingerprint density at radius 1 is 1.64 bits per heavy atom. The zero-order chi connectivity index (χ0) is 10.8. The molecule has 6 heteroatoms. The van der Waals surface area contributed by atoms with Crippen molar-refractivity contribution in [2.45, 2.75) is 19.4 Å². The number of nitrogens with zero attached hydrogens (tertiary/aromatic N) is 1. The second kappa shape index (κ2) is 3.93. The molecule has 0 saturated heterocycles. The summed E-state index contributed by atoms with van der Waals surface area (Å²) >= 11 is 1.06. The first kappa shape index (κ1) is 10.9. The van der Waals surface area contributed by atoms with Gasteiger partial charge in [-0.25, -0.2) is 0 Å². The minimum absolute atomic E-state index is 0.100. The van der Waals surface area contributed by atoms with E-state index in [4.69, 9.17) is 0 Å². The molecule has 0 bridgehead atoms. The maximum absolute atomic E-state index is 10.4. The van der Waals surface area contributed by atoms with Gasteiger partial charge >= 0.3 is 5.00 Å². The maximum Gasteiger partial charge on any atom is 0.326 e. The molecule has 1 aromatic heterocycles. The summed E-state index contributed by atoms with van der Waals surface area (Å²) in [5.74, 6) is 0. The van der Waals surface area contributed by atoms with Crippen LogP contribution in [0.25, 0.3) is 0 Å². The first-order valence-electron chi connectivity index (χ1n) is 4.09. The van der Waals surface area contributed by atoms with E-state index in [2.05, 4.69) is 5.32 Å². The molecule has 14 heavy (non-hydrogen) atoms. The highest BCUT2D eigenvalue weighted by atomic mass is 32.1. The SMILES string of the molecule is CC(C)(O)CNc1ccc([N+](=O)[O-])s1. The Bertz CT molecular complexity index is 330. The van der Waals surface area contributed by atoms with Crippen molar-refractivity contribution in [1.29, 1.82) is 0 Å². The molecule has 0 spiro atoms. The number of anilines is 1. The topological polar surface area (TPSA) is 75.4 Å². The van der Waals surface area contributed by atoms with E-state index in [0.717, 1.165) is 11.3 Å². The van der Waals surface area contributed by atoms with Gasteiger partial charge in [-0.1, -0.05) is 0 Å². The van der Waals surface area contributed by atoms with Gasteiger partial charge in [0.2, 0.25) is 0 Å². The summed E-state index contributed by atoms with van der Waals surface area (Å²) in [6, 6.07) is 3.08. The molecule has 2 N–H and O–H groups in total. The van der Waals surface area contributed by atoms with Crippen molar-refractivity contribution in [2.24, 2.45) is 0 Å². The first-order valence-corrected chi connectivity index (χ1v) is 4.90. The van der Waals surface area contributed by atoms with Gasteiger partial charge in [0.15, 0.2) is 0 Å². The normalized spacial score (nSPS) is 11.4. The molecule has 0 aliphatic carbocycles. The van der Waals surface area contributed by atoms with E-state index in [9.17, 15) is 15.2 Å². The molecule has 1 rings (SSSR count). The van der Waals surface area contributed by atoms with Crippen LogP contribution in [0, 0.1) is 10.1 Å². The molecular formula is C8H12N2O3S. The van der Waals surface area contributed by atoms with Crippen LogP contribution in [-0.2, 0) is 0 Å². The Morgan fingerprint density at radius 2 is 2.29 bits per heavy atom. The highest BCUT2D eigenvalue weighted by molar-refractivity contribution is 7.19. The van der Waals surface area contributed by atoms with Gasteiger partial charge in [0.1, 0.15) is 0 Å². The molecule has 0 radical (unpaired) electrons. The lowest BCUT2D eigenvalue weighted by molar-refractivity contribution is -0.380. The molecule has 1 heterocycles. The summed E-state index contributed by atoms with van der Waals surface area (Å²) in [4.78, 5) is 9.92.